The van der Waals surface area contributed by atoms with Crippen LogP contribution in [-0.4, -0.2) is 41.7 Å². The molecule has 0 atom stereocenters. The van der Waals surface area contributed by atoms with Crippen molar-refractivity contribution in [3.8, 4) is 11.5 Å². The summed E-state index contributed by atoms with van der Waals surface area (Å²) in [6.07, 6.45) is 3.88. The molecule has 0 spiro atoms. The van der Waals surface area contributed by atoms with Gasteiger partial charge in [-0.1, -0.05) is 0 Å². The van der Waals surface area contributed by atoms with Crippen molar-refractivity contribution in [2.75, 3.05) is 27.3 Å². The molecule has 1 saturated carbocycles. The molecule has 9 heteroatoms. The monoisotopic (exact) mass is 384 g/mol. The second kappa shape index (κ2) is 9.09. The van der Waals surface area contributed by atoms with Crippen molar-refractivity contribution in [3.63, 3.8) is 0 Å². The zero-order chi connectivity index (χ0) is 19.2. The van der Waals surface area contributed by atoms with Gasteiger partial charge < -0.3 is 20.5 Å². The fraction of sp³-hybridized carbons (Fsp3) is 0.588. The Kier molecular flexibility index (Phi) is 7.10. The van der Waals surface area contributed by atoms with Crippen LogP contribution in [0, 0.1) is 17.2 Å². The van der Waals surface area contributed by atoms with Crippen LogP contribution in [-0.2, 0) is 10.0 Å². The molecule has 5 N–H and O–H groups in total. The van der Waals surface area contributed by atoms with Crippen LogP contribution in [0.5, 0.6) is 11.5 Å². The first-order chi connectivity index (χ1) is 12.4. The second-order valence-electron chi connectivity index (χ2n) is 6.55. The molecule has 1 aliphatic carbocycles. The van der Waals surface area contributed by atoms with E-state index in [9.17, 15) is 8.42 Å². The quantitative estimate of drug-likeness (QED) is 0.395. The summed E-state index contributed by atoms with van der Waals surface area (Å²) in [4.78, 5) is 0.0821. The van der Waals surface area contributed by atoms with Crippen LogP contribution in [0.3, 0.4) is 0 Å². The maximum Gasteiger partial charge on any atom is 0.244 e. The Hall–Kier alpha value is -2.00. The Balaban J connectivity index is 1.92. The lowest BCUT2D eigenvalue weighted by Gasteiger charge is -2.28. The van der Waals surface area contributed by atoms with E-state index in [-0.39, 0.29) is 16.6 Å². The van der Waals surface area contributed by atoms with Crippen LogP contribution >= 0.6 is 0 Å². The average Bonchev–Trinajstić information content (AvgIpc) is 2.65. The van der Waals surface area contributed by atoms with Crippen molar-refractivity contribution >= 4 is 16.0 Å². The molecule has 0 amide bonds. The summed E-state index contributed by atoms with van der Waals surface area (Å²) in [6.45, 7) is 1.10. The van der Waals surface area contributed by atoms with Crippen molar-refractivity contribution < 1.29 is 17.9 Å². The summed E-state index contributed by atoms with van der Waals surface area (Å²) in [5.41, 5.74) is 5.31. The summed E-state index contributed by atoms with van der Waals surface area (Å²) in [5, 5.41) is 10.1. The highest BCUT2D eigenvalue weighted by Crippen LogP contribution is 2.30. The molecule has 0 saturated heterocycles. The molecule has 2 rings (SSSR count). The van der Waals surface area contributed by atoms with Gasteiger partial charge in [0.1, 0.15) is 16.4 Å². The number of guanidine groups is 1. The van der Waals surface area contributed by atoms with Gasteiger partial charge in [0, 0.05) is 19.2 Å². The number of methoxy groups -OCH3 is 2. The number of sulfonamides is 1. The molecule has 1 aliphatic rings. The van der Waals surface area contributed by atoms with Crippen LogP contribution in [0.25, 0.3) is 0 Å². The van der Waals surface area contributed by atoms with Crippen LogP contribution in [0.2, 0.25) is 0 Å². The van der Waals surface area contributed by atoms with E-state index < -0.39 is 10.0 Å². The highest BCUT2D eigenvalue weighted by atomic mass is 32.2. The molecule has 0 aromatic heterocycles. The molecule has 8 nitrogen and oxygen atoms in total. The lowest BCUT2D eigenvalue weighted by molar-refractivity contribution is 0.275. The van der Waals surface area contributed by atoms with Gasteiger partial charge in [-0.05, 0) is 49.7 Å². The summed E-state index contributed by atoms with van der Waals surface area (Å²) in [5.74, 6) is 1.52. The van der Waals surface area contributed by atoms with E-state index in [1.807, 2.05) is 0 Å². The minimum atomic E-state index is -3.68. The van der Waals surface area contributed by atoms with Crippen LogP contribution < -0.4 is 25.2 Å². The Morgan fingerprint density at radius 2 is 1.77 bits per heavy atom. The normalized spacial score (nSPS) is 20.4. The molecule has 0 bridgehead atoms. The van der Waals surface area contributed by atoms with Crippen molar-refractivity contribution in [1.82, 2.24) is 10.0 Å². The molecular formula is C17H28N4O4S. The SMILES string of the molecule is COc1ccc(OC)c(S(=O)(=O)NC[C@H]2CC[C@H](CNC(=N)N)CC2)c1. The third kappa shape index (κ3) is 5.50. The maximum atomic E-state index is 12.7. The molecule has 0 radical (unpaired) electrons. The fourth-order valence-corrected chi connectivity index (χ4v) is 4.49. The third-order valence-electron chi connectivity index (χ3n) is 4.77. The third-order valence-corrected chi connectivity index (χ3v) is 6.21. The summed E-state index contributed by atoms with van der Waals surface area (Å²) in [6, 6.07) is 4.71. The number of rotatable bonds is 8. The predicted molar refractivity (Wildman–Crippen MR) is 100 cm³/mol. The summed E-state index contributed by atoms with van der Waals surface area (Å²) < 4.78 is 38.3. The molecule has 0 unspecified atom stereocenters. The van der Waals surface area contributed by atoms with Gasteiger partial charge in [0.25, 0.3) is 0 Å². The fourth-order valence-electron chi connectivity index (χ4n) is 3.19. The first kappa shape index (κ1) is 20.3. The van der Waals surface area contributed by atoms with E-state index in [1.165, 1.54) is 20.3 Å². The van der Waals surface area contributed by atoms with Crippen molar-refractivity contribution in [2.45, 2.75) is 30.6 Å². The maximum absolute atomic E-state index is 12.7. The molecule has 1 aromatic carbocycles. The van der Waals surface area contributed by atoms with Gasteiger partial charge in [-0.2, -0.15) is 0 Å². The molecule has 26 heavy (non-hydrogen) atoms. The second-order valence-corrected chi connectivity index (χ2v) is 8.29. The highest BCUT2D eigenvalue weighted by Gasteiger charge is 2.25. The Morgan fingerprint density at radius 1 is 1.15 bits per heavy atom. The number of benzene rings is 1. The number of hydrogen-bond acceptors (Lipinski definition) is 5. The van der Waals surface area contributed by atoms with E-state index in [4.69, 9.17) is 20.6 Å². The van der Waals surface area contributed by atoms with Gasteiger partial charge in [0.2, 0.25) is 10.0 Å². The molecule has 0 heterocycles. The Bertz CT molecular complexity index is 715. The van der Waals surface area contributed by atoms with E-state index in [2.05, 4.69) is 10.0 Å². The molecule has 1 aromatic rings. The Labute approximate surface area is 155 Å². The van der Waals surface area contributed by atoms with Crippen LogP contribution in [0.1, 0.15) is 25.7 Å². The van der Waals surface area contributed by atoms with E-state index in [0.29, 0.717) is 30.7 Å². The van der Waals surface area contributed by atoms with Gasteiger partial charge in [-0.3, -0.25) is 5.41 Å². The van der Waals surface area contributed by atoms with Gasteiger partial charge >= 0.3 is 0 Å². The zero-order valence-corrected chi connectivity index (χ0v) is 16.1. The molecular weight excluding hydrogens is 356 g/mol. The first-order valence-corrected chi connectivity index (χ1v) is 10.1. The molecule has 146 valence electrons. The molecule has 0 aliphatic heterocycles. The van der Waals surface area contributed by atoms with Gasteiger partial charge in [-0.15, -0.1) is 0 Å². The standard InChI is InChI=1S/C17H28N4O4S/c1-24-14-7-8-15(25-2)16(9-14)26(22,23)21-11-13-5-3-12(4-6-13)10-20-17(18)19/h7-9,12-13,21H,3-6,10-11H2,1-2H3,(H4,18,19,20)/t12-,13-. The van der Waals surface area contributed by atoms with Crippen LogP contribution in [0.4, 0.5) is 0 Å². The van der Waals surface area contributed by atoms with Crippen molar-refractivity contribution in [3.05, 3.63) is 18.2 Å². The van der Waals surface area contributed by atoms with Crippen LogP contribution in [0.15, 0.2) is 23.1 Å². The zero-order valence-electron chi connectivity index (χ0n) is 15.2. The van der Waals surface area contributed by atoms with E-state index in [0.717, 1.165) is 25.7 Å². The minimum absolute atomic E-state index is 0.00730. The first-order valence-electron chi connectivity index (χ1n) is 8.65. The Morgan fingerprint density at radius 3 is 2.31 bits per heavy atom. The number of hydrogen-bond donors (Lipinski definition) is 4. The van der Waals surface area contributed by atoms with Gasteiger partial charge in [0.05, 0.1) is 14.2 Å². The molecule has 1 fully saturated rings. The summed E-state index contributed by atoms with van der Waals surface area (Å²) in [7, 11) is -0.749. The van der Waals surface area contributed by atoms with E-state index in [1.54, 1.807) is 12.1 Å². The summed E-state index contributed by atoms with van der Waals surface area (Å²) >= 11 is 0. The lowest BCUT2D eigenvalue weighted by Crippen LogP contribution is -2.37. The number of ether oxygens (including phenoxy) is 2. The van der Waals surface area contributed by atoms with Crippen molar-refractivity contribution in [2.24, 2.45) is 17.6 Å². The van der Waals surface area contributed by atoms with Gasteiger partial charge in [0.15, 0.2) is 5.96 Å². The topological polar surface area (TPSA) is 127 Å². The van der Waals surface area contributed by atoms with Gasteiger partial charge in [-0.25, -0.2) is 13.1 Å². The highest BCUT2D eigenvalue weighted by molar-refractivity contribution is 7.89. The van der Waals surface area contributed by atoms with Crippen molar-refractivity contribution in [1.29, 1.82) is 5.41 Å². The predicted octanol–water partition coefficient (Wildman–Crippen LogP) is 1.27. The number of nitrogens with one attached hydrogen (secondary N) is 3. The average molecular weight is 385 g/mol. The smallest absolute Gasteiger partial charge is 0.244 e. The van der Waals surface area contributed by atoms with E-state index >= 15 is 0 Å². The number of nitrogens with two attached hydrogens (primary N) is 1. The largest absolute Gasteiger partial charge is 0.497 e. The lowest BCUT2D eigenvalue weighted by atomic mass is 9.82. The minimum Gasteiger partial charge on any atom is -0.497 e.